The van der Waals surface area contributed by atoms with E-state index in [9.17, 15) is 4.79 Å². The van der Waals surface area contributed by atoms with Crippen LogP contribution in [-0.2, 0) is 0 Å². The number of hydrogen-bond acceptors (Lipinski definition) is 2. The van der Waals surface area contributed by atoms with E-state index < -0.39 is 0 Å². The van der Waals surface area contributed by atoms with Crippen LogP contribution in [0.25, 0.3) is 0 Å². The molecule has 0 bridgehead atoms. The predicted octanol–water partition coefficient (Wildman–Crippen LogP) is 5.12. The Hall–Kier alpha value is -1.61. The first-order valence-electron chi connectivity index (χ1n) is 6.68. The summed E-state index contributed by atoms with van der Waals surface area (Å²) >= 11 is 3.49. The minimum Gasteiger partial charge on any atom is -0.342 e. The van der Waals surface area contributed by atoms with Crippen molar-refractivity contribution in [2.24, 2.45) is 0 Å². The highest BCUT2D eigenvalue weighted by molar-refractivity contribution is 9.10. The van der Waals surface area contributed by atoms with E-state index in [0.29, 0.717) is 0 Å². The maximum atomic E-state index is 11.5. The fraction of sp³-hybridized carbons (Fsp3) is 0.235. The molecule has 0 aliphatic carbocycles. The van der Waals surface area contributed by atoms with Gasteiger partial charge >= 0.3 is 0 Å². The summed E-state index contributed by atoms with van der Waals surface area (Å²) in [7, 11) is 0. The number of rotatable bonds is 4. The van der Waals surface area contributed by atoms with Crippen molar-refractivity contribution < 1.29 is 4.79 Å². The van der Waals surface area contributed by atoms with Crippen LogP contribution in [0.15, 0.2) is 46.9 Å². The Balaban J connectivity index is 2.46. The van der Waals surface area contributed by atoms with Crippen LogP contribution < -0.4 is 4.90 Å². The van der Waals surface area contributed by atoms with Gasteiger partial charge in [-0.25, -0.2) is 0 Å². The average Bonchev–Trinajstić information content (AvgIpc) is 2.41. The Morgan fingerprint density at radius 1 is 1.20 bits per heavy atom. The SMILES string of the molecule is CCN(c1ccc(C(C)=O)c(Br)c1)c1ccccc1C. The summed E-state index contributed by atoms with van der Waals surface area (Å²) in [6.45, 7) is 6.69. The number of hydrogen-bond donors (Lipinski definition) is 0. The Kier molecular flexibility index (Phi) is 4.61. The summed E-state index contributed by atoms with van der Waals surface area (Å²) in [5.41, 5.74) is 4.23. The number of ketones is 1. The number of aryl methyl sites for hydroxylation is 1. The molecule has 20 heavy (non-hydrogen) atoms. The van der Waals surface area contributed by atoms with Gasteiger partial charge in [0.1, 0.15) is 0 Å². The van der Waals surface area contributed by atoms with Crippen molar-refractivity contribution in [1.29, 1.82) is 0 Å². The molecule has 0 amide bonds. The third kappa shape index (κ3) is 2.93. The molecule has 0 heterocycles. The predicted molar refractivity (Wildman–Crippen MR) is 88.0 cm³/mol. The monoisotopic (exact) mass is 331 g/mol. The van der Waals surface area contributed by atoms with E-state index in [-0.39, 0.29) is 5.78 Å². The molecule has 0 fully saturated rings. The summed E-state index contributed by atoms with van der Waals surface area (Å²) in [5.74, 6) is 0.0716. The van der Waals surface area contributed by atoms with Crippen LogP contribution in [-0.4, -0.2) is 12.3 Å². The number of benzene rings is 2. The third-order valence-corrected chi connectivity index (χ3v) is 4.02. The molecule has 3 heteroatoms. The Labute approximate surface area is 128 Å². The highest BCUT2D eigenvalue weighted by atomic mass is 79.9. The minimum atomic E-state index is 0.0716. The molecule has 0 N–H and O–H groups in total. The lowest BCUT2D eigenvalue weighted by atomic mass is 10.1. The summed E-state index contributed by atoms with van der Waals surface area (Å²) in [6.07, 6.45) is 0. The molecule has 0 radical (unpaired) electrons. The van der Waals surface area contributed by atoms with Crippen LogP contribution in [0.4, 0.5) is 11.4 Å². The summed E-state index contributed by atoms with van der Waals surface area (Å²) in [5, 5.41) is 0. The van der Waals surface area contributed by atoms with Crippen molar-refractivity contribution in [3.05, 3.63) is 58.1 Å². The number of carbonyl (C=O) groups is 1. The first-order chi connectivity index (χ1) is 9.54. The minimum absolute atomic E-state index is 0.0716. The van der Waals surface area contributed by atoms with Crippen molar-refractivity contribution in [2.45, 2.75) is 20.8 Å². The fourth-order valence-corrected chi connectivity index (χ4v) is 2.96. The van der Waals surface area contributed by atoms with Gasteiger partial charge in [0.2, 0.25) is 0 Å². The molecule has 0 saturated heterocycles. The van der Waals surface area contributed by atoms with Gasteiger partial charge in [-0.15, -0.1) is 0 Å². The molecule has 0 aliphatic heterocycles. The van der Waals surface area contributed by atoms with Gasteiger partial charge in [-0.1, -0.05) is 18.2 Å². The summed E-state index contributed by atoms with van der Waals surface area (Å²) in [6, 6.07) is 14.2. The van der Waals surface area contributed by atoms with Gasteiger partial charge in [-0.2, -0.15) is 0 Å². The second-order valence-electron chi connectivity index (χ2n) is 4.75. The topological polar surface area (TPSA) is 20.3 Å². The van der Waals surface area contributed by atoms with Crippen LogP contribution in [0, 0.1) is 6.92 Å². The molecule has 2 aromatic rings. The zero-order valence-electron chi connectivity index (χ0n) is 12.0. The summed E-state index contributed by atoms with van der Waals surface area (Å²) < 4.78 is 0.842. The zero-order chi connectivity index (χ0) is 14.7. The Morgan fingerprint density at radius 3 is 2.45 bits per heavy atom. The van der Waals surface area contributed by atoms with Crippen molar-refractivity contribution in [2.75, 3.05) is 11.4 Å². The molecule has 0 aromatic heterocycles. The number of nitrogens with zero attached hydrogens (tertiary/aromatic N) is 1. The largest absolute Gasteiger partial charge is 0.342 e. The van der Waals surface area contributed by atoms with E-state index >= 15 is 0 Å². The van der Waals surface area contributed by atoms with Crippen LogP contribution in [0.5, 0.6) is 0 Å². The zero-order valence-corrected chi connectivity index (χ0v) is 13.6. The molecule has 0 saturated carbocycles. The molecule has 0 spiro atoms. The van der Waals surface area contributed by atoms with Crippen molar-refractivity contribution in [1.82, 2.24) is 0 Å². The van der Waals surface area contributed by atoms with E-state index in [1.165, 1.54) is 11.3 Å². The van der Waals surface area contributed by atoms with E-state index in [2.05, 4.69) is 46.8 Å². The van der Waals surface area contributed by atoms with E-state index in [4.69, 9.17) is 0 Å². The van der Waals surface area contributed by atoms with E-state index in [0.717, 1.165) is 22.3 Å². The highest BCUT2D eigenvalue weighted by Crippen LogP contribution is 2.31. The lowest BCUT2D eigenvalue weighted by Gasteiger charge is -2.25. The van der Waals surface area contributed by atoms with Crippen LogP contribution in [0.3, 0.4) is 0 Å². The van der Waals surface area contributed by atoms with Gasteiger partial charge in [0.05, 0.1) is 0 Å². The fourth-order valence-electron chi connectivity index (χ4n) is 2.32. The standard InChI is InChI=1S/C17H18BrNO/c1-4-19(17-8-6-5-7-12(17)2)14-9-10-15(13(3)20)16(18)11-14/h5-11H,4H2,1-3H3. The first kappa shape index (κ1) is 14.8. The van der Waals surface area contributed by atoms with Crippen LogP contribution in [0.1, 0.15) is 29.8 Å². The molecule has 104 valence electrons. The maximum Gasteiger partial charge on any atom is 0.160 e. The highest BCUT2D eigenvalue weighted by Gasteiger charge is 2.12. The number of carbonyl (C=O) groups excluding carboxylic acids is 1. The van der Waals surface area contributed by atoms with Gasteiger partial charge in [0.15, 0.2) is 5.78 Å². The molecule has 0 atom stereocenters. The number of para-hydroxylation sites is 1. The molecule has 2 nitrogen and oxygen atoms in total. The van der Waals surface area contributed by atoms with Gasteiger partial charge in [0, 0.05) is 28.0 Å². The second-order valence-corrected chi connectivity index (χ2v) is 5.61. The second kappa shape index (κ2) is 6.23. The van der Waals surface area contributed by atoms with E-state index in [1.54, 1.807) is 6.92 Å². The van der Waals surface area contributed by atoms with Crippen LogP contribution in [0.2, 0.25) is 0 Å². The van der Waals surface area contributed by atoms with Crippen molar-refractivity contribution in [3.63, 3.8) is 0 Å². The summed E-state index contributed by atoms with van der Waals surface area (Å²) in [4.78, 5) is 13.7. The Bertz CT molecular complexity index is 637. The van der Waals surface area contributed by atoms with Gasteiger partial charge in [-0.3, -0.25) is 4.79 Å². The lowest BCUT2D eigenvalue weighted by Crippen LogP contribution is -2.17. The van der Waals surface area contributed by atoms with Gasteiger partial charge in [-0.05, 0) is 66.5 Å². The molecule has 0 unspecified atom stereocenters. The molecular weight excluding hydrogens is 314 g/mol. The maximum absolute atomic E-state index is 11.5. The average molecular weight is 332 g/mol. The van der Waals surface area contributed by atoms with Gasteiger partial charge in [0.25, 0.3) is 0 Å². The normalized spacial score (nSPS) is 10.4. The number of anilines is 2. The van der Waals surface area contributed by atoms with Gasteiger partial charge < -0.3 is 4.90 Å². The van der Waals surface area contributed by atoms with Crippen molar-refractivity contribution in [3.8, 4) is 0 Å². The quantitative estimate of drug-likeness (QED) is 0.725. The first-order valence-corrected chi connectivity index (χ1v) is 7.47. The number of Topliss-reactive ketones (excluding diaryl/α,β-unsaturated/α-hetero) is 1. The molecule has 2 aromatic carbocycles. The third-order valence-electron chi connectivity index (χ3n) is 3.37. The number of halogens is 1. The molecule has 2 rings (SSSR count). The lowest BCUT2D eigenvalue weighted by molar-refractivity contribution is 0.101. The Morgan fingerprint density at radius 2 is 1.90 bits per heavy atom. The van der Waals surface area contributed by atoms with Crippen molar-refractivity contribution >= 4 is 33.1 Å². The van der Waals surface area contributed by atoms with Crippen LogP contribution >= 0.6 is 15.9 Å². The molecule has 0 aliphatic rings. The molecular formula is C17H18BrNO. The smallest absolute Gasteiger partial charge is 0.160 e. The van der Waals surface area contributed by atoms with E-state index in [1.807, 2.05) is 30.3 Å².